The zero-order chi connectivity index (χ0) is 11.4. The molecular formula is C11H19Cl2N3S. The minimum absolute atomic E-state index is 0. The lowest BCUT2D eigenvalue weighted by Gasteiger charge is -2.27. The highest BCUT2D eigenvalue weighted by atomic mass is 35.5. The predicted octanol–water partition coefficient (Wildman–Crippen LogP) is 2.79. The van der Waals surface area contributed by atoms with Crippen LogP contribution in [0.1, 0.15) is 24.1 Å². The molecule has 1 atom stereocenters. The third kappa shape index (κ3) is 5.10. The van der Waals surface area contributed by atoms with Gasteiger partial charge < -0.3 is 5.32 Å². The number of hydrogen-bond acceptors (Lipinski definition) is 4. The van der Waals surface area contributed by atoms with E-state index in [1.54, 1.807) is 11.3 Å². The summed E-state index contributed by atoms with van der Waals surface area (Å²) >= 11 is 7.38. The molecule has 1 fully saturated rings. The number of nitrogens with one attached hydrogen (secondary N) is 1. The maximum Gasteiger partial charge on any atom is 0.183 e. The normalized spacial score (nSPS) is 20.3. The summed E-state index contributed by atoms with van der Waals surface area (Å²) < 4.78 is 0.638. The first-order chi connectivity index (χ1) is 7.74. The fourth-order valence-corrected chi connectivity index (χ4v) is 3.20. The Morgan fingerprint density at radius 3 is 3.00 bits per heavy atom. The number of hydrogen-bond donors (Lipinski definition) is 1. The molecule has 1 saturated heterocycles. The summed E-state index contributed by atoms with van der Waals surface area (Å²) in [4.78, 5) is 7.64. The minimum atomic E-state index is 0. The number of rotatable bonds is 4. The topological polar surface area (TPSA) is 28.2 Å². The molecule has 17 heavy (non-hydrogen) atoms. The van der Waals surface area contributed by atoms with Crippen LogP contribution in [0.2, 0.25) is 4.47 Å². The SMILES string of the molecule is CN(Cc1cnc(Cl)s1)CC1CCCCN1.Cl. The molecule has 1 unspecified atom stereocenters. The van der Waals surface area contributed by atoms with Gasteiger partial charge in [0.2, 0.25) is 0 Å². The van der Waals surface area contributed by atoms with Crippen LogP contribution in [-0.4, -0.2) is 36.1 Å². The van der Waals surface area contributed by atoms with Crippen LogP contribution in [0.25, 0.3) is 0 Å². The molecule has 1 aromatic heterocycles. The Balaban J connectivity index is 0.00000144. The highest BCUT2D eigenvalue weighted by Gasteiger charge is 2.14. The third-order valence-corrected chi connectivity index (χ3v) is 4.00. The number of thiazole rings is 1. The Bertz CT molecular complexity index is 326. The number of piperidine rings is 1. The van der Waals surface area contributed by atoms with Gasteiger partial charge in [-0.15, -0.1) is 23.7 Å². The quantitative estimate of drug-likeness (QED) is 0.926. The van der Waals surface area contributed by atoms with E-state index in [2.05, 4.69) is 22.2 Å². The Hall–Kier alpha value is 0.130. The van der Waals surface area contributed by atoms with Crippen molar-refractivity contribution in [3.63, 3.8) is 0 Å². The van der Waals surface area contributed by atoms with Gasteiger partial charge in [-0.1, -0.05) is 18.0 Å². The molecule has 1 aliphatic heterocycles. The molecule has 6 heteroatoms. The Morgan fingerprint density at radius 1 is 1.59 bits per heavy atom. The lowest BCUT2D eigenvalue weighted by Crippen LogP contribution is -2.42. The van der Waals surface area contributed by atoms with Crippen molar-refractivity contribution >= 4 is 35.3 Å². The molecule has 3 nitrogen and oxygen atoms in total. The Labute approximate surface area is 118 Å². The van der Waals surface area contributed by atoms with Crippen LogP contribution < -0.4 is 5.32 Å². The highest BCUT2D eigenvalue weighted by molar-refractivity contribution is 7.15. The summed E-state index contributed by atoms with van der Waals surface area (Å²) in [6.07, 6.45) is 5.86. The largest absolute Gasteiger partial charge is 0.313 e. The first-order valence-electron chi connectivity index (χ1n) is 5.76. The van der Waals surface area contributed by atoms with E-state index in [1.165, 1.54) is 30.7 Å². The second-order valence-electron chi connectivity index (χ2n) is 4.42. The van der Waals surface area contributed by atoms with E-state index in [0.717, 1.165) is 13.1 Å². The van der Waals surface area contributed by atoms with Crippen molar-refractivity contribution < 1.29 is 0 Å². The molecule has 0 amide bonds. The van der Waals surface area contributed by atoms with E-state index in [0.29, 0.717) is 10.5 Å². The van der Waals surface area contributed by atoms with E-state index < -0.39 is 0 Å². The lowest BCUT2D eigenvalue weighted by molar-refractivity contribution is 0.258. The van der Waals surface area contributed by atoms with Crippen LogP contribution in [0.15, 0.2) is 6.20 Å². The number of nitrogens with zero attached hydrogens (tertiary/aromatic N) is 2. The molecule has 0 radical (unpaired) electrons. The predicted molar refractivity (Wildman–Crippen MR) is 76.3 cm³/mol. The second-order valence-corrected chi connectivity index (χ2v) is 6.12. The van der Waals surface area contributed by atoms with Crippen molar-refractivity contribution in [3.05, 3.63) is 15.5 Å². The zero-order valence-electron chi connectivity index (χ0n) is 9.99. The van der Waals surface area contributed by atoms with Gasteiger partial charge in [0.15, 0.2) is 4.47 Å². The highest BCUT2D eigenvalue weighted by Crippen LogP contribution is 2.19. The summed E-state index contributed by atoms with van der Waals surface area (Å²) in [7, 11) is 2.16. The van der Waals surface area contributed by atoms with Gasteiger partial charge in [0.1, 0.15) is 0 Å². The van der Waals surface area contributed by atoms with E-state index in [9.17, 15) is 0 Å². The molecule has 1 N–H and O–H groups in total. The summed E-state index contributed by atoms with van der Waals surface area (Å²) in [6, 6.07) is 0.655. The van der Waals surface area contributed by atoms with Crippen LogP contribution in [-0.2, 0) is 6.54 Å². The molecule has 0 aliphatic carbocycles. The van der Waals surface area contributed by atoms with Crippen molar-refractivity contribution in [2.75, 3.05) is 20.1 Å². The summed E-state index contributed by atoms with van der Waals surface area (Å²) in [6.45, 7) is 3.23. The molecule has 98 valence electrons. The van der Waals surface area contributed by atoms with Gasteiger partial charge in [-0.05, 0) is 26.4 Å². The summed E-state index contributed by atoms with van der Waals surface area (Å²) in [5, 5.41) is 3.56. The lowest BCUT2D eigenvalue weighted by atomic mass is 10.0. The minimum Gasteiger partial charge on any atom is -0.313 e. The summed E-state index contributed by atoms with van der Waals surface area (Å²) in [5.41, 5.74) is 0. The molecule has 1 aliphatic rings. The fraction of sp³-hybridized carbons (Fsp3) is 0.727. The van der Waals surface area contributed by atoms with Crippen molar-refractivity contribution in [3.8, 4) is 0 Å². The van der Waals surface area contributed by atoms with Crippen molar-refractivity contribution in [1.82, 2.24) is 15.2 Å². The maximum atomic E-state index is 5.81. The standard InChI is InChI=1S/C11H18ClN3S.ClH/c1-15(7-9-4-2-3-5-13-9)8-10-6-14-11(12)16-10;/h6,9,13H,2-5,7-8H2,1H3;1H. The Kier molecular flexibility index (Phi) is 6.74. The molecular weight excluding hydrogens is 277 g/mol. The van der Waals surface area contributed by atoms with E-state index in [1.807, 2.05) is 6.20 Å². The number of likely N-dealkylation sites (N-methyl/N-ethyl adjacent to an activating group) is 1. The van der Waals surface area contributed by atoms with Crippen LogP contribution in [0, 0.1) is 0 Å². The van der Waals surface area contributed by atoms with Gasteiger partial charge in [-0.25, -0.2) is 4.98 Å². The van der Waals surface area contributed by atoms with Gasteiger partial charge in [0.05, 0.1) is 0 Å². The van der Waals surface area contributed by atoms with Gasteiger partial charge in [0, 0.05) is 30.2 Å². The molecule has 2 heterocycles. The van der Waals surface area contributed by atoms with Crippen LogP contribution >= 0.6 is 35.3 Å². The Morgan fingerprint density at radius 2 is 2.41 bits per heavy atom. The van der Waals surface area contributed by atoms with Gasteiger partial charge >= 0.3 is 0 Å². The van der Waals surface area contributed by atoms with E-state index in [-0.39, 0.29) is 12.4 Å². The summed E-state index contributed by atoms with van der Waals surface area (Å²) in [5.74, 6) is 0. The van der Waals surface area contributed by atoms with Crippen LogP contribution in [0.3, 0.4) is 0 Å². The monoisotopic (exact) mass is 295 g/mol. The van der Waals surface area contributed by atoms with Gasteiger partial charge in [0.25, 0.3) is 0 Å². The van der Waals surface area contributed by atoms with E-state index >= 15 is 0 Å². The molecule has 1 aromatic rings. The molecule has 2 rings (SSSR count). The average molecular weight is 296 g/mol. The van der Waals surface area contributed by atoms with Crippen molar-refractivity contribution in [2.45, 2.75) is 31.8 Å². The molecule has 0 bridgehead atoms. The first kappa shape index (κ1) is 15.2. The first-order valence-corrected chi connectivity index (χ1v) is 6.95. The van der Waals surface area contributed by atoms with Gasteiger partial charge in [-0.3, -0.25) is 4.90 Å². The molecule has 0 aromatic carbocycles. The fourth-order valence-electron chi connectivity index (χ4n) is 2.14. The average Bonchev–Trinajstić information content (AvgIpc) is 2.65. The van der Waals surface area contributed by atoms with Crippen molar-refractivity contribution in [1.29, 1.82) is 0 Å². The van der Waals surface area contributed by atoms with Crippen molar-refractivity contribution in [2.24, 2.45) is 0 Å². The molecule has 0 spiro atoms. The van der Waals surface area contributed by atoms with Crippen LogP contribution in [0.5, 0.6) is 0 Å². The zero-order valence-corrected chi connectivity index (χ0v) is 12.4. The van der Waals surface area contributed by atoms with Gasteiger partial charge in [-0.2, -0.15) is 0 Å². The maximum absolute atomic E-state index is 5.81. The van der Waals surface area contributed by atoms with Crippen LogP contribution in [0.4, 0.5) is 0 Å². The molecule has 0 saturated carbocycles. The number of aromatic nitrogens is 1. The third-order valence-electron chi connectivity index (χ3n) is 2.90. The smallest absolute Gasteiger partial charge is 0.183 e. The van der Waals surface area contributed by atoms with E-state index in [4.69, 9.17) is 11.6 Å². The number of halogens is 2. The second kappa shape index (κ2) is 7.54.